The quantitative estimate of drug-likeness (QED) is 0.573. The molecule has 54 valence electrons. The monoisotopic (exact) mass is 155 g/mol. The van der Waals surface area contributed by atoms with Crippen molar-refractivity contribution in [3.8, 4) is 0 Å². The van der Waals surface area contributed by atoms with E-state index in [0.717, 1.165) is 11.4 Å². The van der Waals surface area contributed by atoms with Crippen LogP contribution in [0.25, 0.3) is 5.32 Å². The van der Waals surface area contributed by atoms with Crippen molar-refractivity contribution >= 4 is 17.3 Å². The summed E-state index contributed by atoms with van der Waals surface area (Å²) < 4.78 is 0. The van der Waals surface area contributed by atoms with E-state index in [1.807, 2.05) is 13.0 Å². The Bertz CT molecular complexity index is 215. The van der Waals surface area contributed by atoms with Crippen LogP contribution in [-0.2, 0) is 0 Å². The van der Waals surface area contributed by atoms with Gasteiger partial charge in [-0.05, 0) is 13.0 Å². The molecule has 1 aromatic heterocycles. The molecule has 0 radical (unpaired) electrons. The van der Waals surface area contributed by atoms with Gasteiger partial charge in [0.1, 0.15) is 5.15 Å². The Balaban J connectivity index is 3.06. The van der Waals surface area contributed by atoms with E-state index < -0.39 is 0 Å². The topological polar surface area (TPSA) is 27.0 Å². The van der Waals surface area contributed by atoms with Gasteiger partial charge in [0.05, 0.1) is 0 Å². The molecule has 0 aromatic carbocycles. The molecule has 3 heteroatoms. The van der Waals surface area contributed by atoms with Gasteiger partial charge in [-0.2, -0.15) is 0 Å². The highest BCUT2D eigenvalue weighted by molar-refractivity contribution is 6.29. The third-order valence-corrected chi connectivity index (χ3v) is 1.36. The molecule has 0 atom stereocenters. The Labute approximate surface area is 65.2 Å². The van der Waals surface area contributed by atoms with Gasteiger partial charge in [0.25, 0.3) is 0 Å². The molecule has 1 aromatic rings. The molecule has 0 aliphatic rings. The molecule has 0 bridgehead atoms. The fourth-order valence-corrected chi connectivity index (χ4v) is 0.985. The van der Waals surface area contributed by atoms with Crippen molar-refractivity contribution in [1.82, 2.24) is 4.98 Å². The lowest BCUT2D eigenvalue weighted by Gasteiger charge is -2.13. The number of rotatable bonds is 1. The summed E-state index contributed by atoms with van der Waals surface area (Å²) in [7, 11) is 1.73. The summed E-state index contributed by atoms with van der Waals surface area (Å²) >= 11 is 5.66. The zero-order valence-corrected chi connectivity index (χ0v) is 6.68. The highest BCUT2D eigenvalue weighted by atomic mass is 35.5. The second kappa shape index (κ2) is 2.88. The van der Waals surface area contributed by atoms with Gasteiger partial charge in [0, 0.05) is 5.69 Å². The summed E-state index contributed by atoms with van der Waals surface area (Å²) in [4.78, 5) is 3.99. The number of hydrogen-bond donors (Lipinski definition) is 0. The Morgan fingerprint density at radius 1 is 1.50 bits per heavy atom. The van der Waals surface area contributed by atoms with Crippen LogP contribution in [-0.4, -0.2) is 12.0 Å². The molecule has 0 fully saturated rings. The summed E-state index contributed by atoms with van der Waals surface area (Å²) in [5.41, 5.74) is 1.77. The lowest BCUT2D eigenvalue weighted by atomic mass is 10.3. The van der Waals surface area contributed by atoms with Crippen molar-refractivity contribution in [2.24, 2.45) is 0 Å². The molecule has 0 saturated heterocycles. The van der Waals surface area contributed by atoms with E-state index in [4.69, 9.17) is 11.6 Å². The zero-order chi connectivity index (χ0) is 7.56. The first kappa shape index (κ1) is 7.35. The first-order valence-electron chi connectivity index (χ1n) is 2.96. The van der Waals surface area contributed by atoms with Crippen molar-refractivity contribution in [2.75, 3.05) is 7.05 Å². The largest absolute Gasteiger partial charge is 0.687 e. The van der Waals surface area contributed by atoms with Crippen molar-refractivity contribution < 1.29 is 0 Å². The second-order valence-electron chi connectivity index (χ2n) is 2.01. The average molecular weight is 156 g/mol. The maximum Gasteiger partial charge on any atom is 0.128 e. The van der Waals surface area contributed by atoms with Gasteiger partial charge < -0.3 is 5.32 Å². The Hall–Kier alpha value is -0.760. The van der Waals surface area contributed by atoms with Crippen LogP contribution in [0, 0.1) is 6.92 Å². The fraction of sp³-hybridized carbons (Fsp3) is 0.286. The summed E-state index contributed by atoms with van der Waals surface area (Å²) in [6.45, 7) is 1.89. The normalized spacial score (nSPS) is 9.50. The Morgan fingerprint density at radius 2 is 2.20 bits per heavy atom. The van der Waals surface area contributed by atoms with Gasteiger partial charge >= 0.3 is 0 Å². The van der Waals surface area contributed by atoms with Crippen molar-refractivity contribution in [1.29, 1.82) is 0 Å². The first-order chi connectivity index (χ1) is 4.72. The van der Waals surface area contributed by atoms with Gasteiger partial charge in [0.15, 0.2) is 0 Å². The van der Waals surface area contributed by atoms with Crippen LogP contribution in [0.3, 0.4) is 0 Å². The minimum atomic E-state index is 0.501. The van der Waals surface area contributed by atoms with Crippen LogP contribution in [0.2, 0.25) is 5.15 Å². The zero-order valence-electron chi connectivity index (χ0n) is 5.93. The van der Waals surface area contributed by atoms with Crippen LogP contribution in [0.4, 0.5) is 5.69 Å². The highest BCUT2D eigenvalue weighted by Gasteiger charge is 1.88. The van der Waals surface area contributed by atoms with Crippen LogP contribution >= 0.6 is 11.6 Å². The van der Waals surface area contributed by atoms with Crippen molar-refractivity contribution in [3.05, 3.63) is 28.3 Å². The van der Waals surface area contributed by atoms with E-state index >= 15 is 0 Å². The first-order valence-corrected chi connectivity index (χ1v) is 3.34. The Kier molecular flexibility index (Phi) is 2.12. The van der Waals surface area contributed by atoms with Gasteiger partial charge in [0.2, 0.25) is 0 Å². The smallest absolute Gasteiger partial charge is 0.128 e. The molecule has 0 spiro atoms. The summed E-state index contributed by atoms with van der Waals surface area (Å²) in [5, 5.41) is 4.47. The van der Waals surface area contributed by atoms with Gasteiger partial charge in [-0.15, -0.1) is 12.7 Å². The third-order valence-electron chi connectivity index (χ3n) is 1.17. The maximum absolute atomic E-state index is 5.66. The molecule has 1 rings (SSSR count). The predicted molar refractivity (Wildman–Crippen MR) is 42.9 cm³/mol. The van der Waals surface area contributed by atoms with E-state index in [-0.39, 0.29) is 0 Å². The molecule has 0 saturated carbocycles. The summed E-state index contributed by atoms with van der Waals surface area (Å²) in [6.07, 6.45) is 0. The van der Waals surface area contributed by atoms with Crippen LogP contribution in [0.15, 0.2) is 12.1 Å². The second-order valence-corrected chi connectivity index (χ2v) is 2.40. The lowest BCUT2D eigenvalue weighted by molar-refractivity contribution is 1.20. The van der Waals surface area contributed by atoms with Crippen LogP contribution < -0.4 is 0 Å². The standard InChI is InChI=1S/C7H8ClN2/c1-5-3-6(9-2)4-7(8)10-5/h3-4H,1-2H3/q-1. The minimum Gasteiger partial charge on any atom is -0.687 e. The van der Waals surface area contributed by atoms with Crippen molar-refractivity contribution in [3.63, 3.8) is 0 Å². The lowest BCUT2D eigenvalue weighted by Crippen LogP contribution is -1.80. The third kappa shape index (κ3) is 1.61. The van der Waals surface area contributed by atoms with Gasteiger partial charge in [-0.3, -0.25) is 0 Å². The Morgan fingerprint density at radius 3 is 2.70 bits per heavy atom. The molecule has 0 N–H and O–H groups in total. The molecule has 2 nitrogen and oxygen atoms in total. The fourth-order valence-electron chi connectivity index (χ4n) is 0.740. The number of pyridine rings is 1. The summed E-state index contributed by atoms with van der Waals surface area (Å²) in [6, 6.07) is 3.61. The maximum atomic E-state index is 5.66. The molecule has 0 aliphatic carbocycles. The molecule has 0 unspecified atom stereocenters. The molecular formula is C7H8ClN2-. The minimum absolute atomic E-state index is 0.501. The van der Waals surface area contributed by atoms with Gasteiger partial charge in [-0.25, -0.2) is 4.98 Å². The number of aromatic nitrogens is 1. The van der Waals surface area contributed by atoms with E-state index in [0.29, 0.717) is 5.15 Å². The molecule has 10 heavy (non-hydrogen) atoms. The molecule has 0 aliphatic heterocycles. The molecule has 0 amide bonds. The predicted octanol–water partition coefficient (Wildman–Crippen LogP) is 2.68. The van der Waals surface area contributed by atoms with E-state index in [9.17, 15) is 0 Å². The number of nitrogens with zero attached hydrogens (tertiary/aromatic N) is 2. The highest BCUT2D eigenvalue weighted by Crippen LogP contribution is 2.19. The van der Waals surface area contributed by atoms with Crippen LogP contribution in [0.5, 0.6) is 0 Å². The number of halogens is 1. The molecule has 1 heterocycles. The van der Waals surface area contributed by atoms with Gasteiger partial charge in [-0.1, -0.05) is 17.7 Å². The van der Waals surface area contributed by atoms with E-state index in [2.05, 4.69) is 10.3 Å². The SMILES string of the molecule is C[N-]c1cc(C)nc(Cl)c1. The average Bonchev–Trinajstić information content (AvgIpc) is 1.85. The van der Waals surface area contributed by atoms with Crippen LogP contribution in [0.1, 0.15) is 5.69 Å². The van der Waals surface area contributed by atoms with Crippen molar-refractivity contribution in [2.45, 2.75) is 6.92 Å². The van der Waals surface area contributed by atoms with E-state index in [1.165, 1.54) is 0 Å². The molecular weight excluding hydrogens is 148 g/mol. The van der Waals surface area contributed by atoms with E-state index in [1.54, 1.807) is 13.1 Å². The number of hydrogen-bond acceptors (Lipinski definition) is 1. The number of aryl methyl sites for hydroxylation is 1. The summed E-state index contributed by atoms with van der Waals surface area (Å²) in [5.74, 6) is 0.